The van der Waals surface area contributed by atoms with Gasteiger partial charge in [0.05, 0.1) is 0 Å². The van der Waals surface area contributed by atoms with Crippen molar-refractivity contribution in [2.24, 2.45) is 11.7 Å². The molecule has 6 nitrogen and oxygen atoms in total. The smallest absolute Gasteiger partial charge is 0.124 e. The van der Waals surface area contributed by atoms with E-state index in [9.17, 15) is 5.11 Å². The summed E-state index contributed by atoms with van der Waals surface area (Å²) in [4.78, 5) is 3.46. The fraction of sp³-hybridized carbons (Fsp3) is 0.478. The fourth-order valence-corrected chi connectivity index (χ4v) is 4.47. The van der Waals surface area contributed by atoms with E-state index in [2.05, 4.69) is 4.98 Å². The SMILES string of the molecule is N/C(=C\c1c(N)[nH]c(C2CCOCC2)c1CCC1CCOC1)c1ccccc1O. The molecule has 0 amide bonds. The van der Waals surface area contributed by atoms with Gasteiger partial charge in [0.1, 0.15) is 11.6 Å². The monoisotopic (exact) mass is 397 g/mol. The van der Waals surface area contributed by atoms with E-state index in [-0.39, 0.29) is 5.75 Å². The summed E-state index contributed by atoms with van der Waals surface area (Å²) in [5, 5.41) is 10.2. The molecule has 6 heteroatoms. The van der Waals surface area contributed by atoms with E-state index in [0.717, 1.165) is 64.1 Å². The van der Waals surface area contributed by atoms with Crippen LogP contribution in [0.15, 0.2) is 24.3 Å². The number of benzene rings is 1. The van der Waals surface area contributed by atoms with Gasteiger partial charge < -0.3 is 31.0 Å². The summed E-state index contributed by atoms with van der Waals surface area (Å²) in [5.41, 5.74) is 17.3. The first-order chi connectivity index (χ1) is 14.1. The molecule has 0 radical (unpaired) electrons. The zero-order chi connectivity index (χ0) is 20.2. The minimum Gasteiger partial charge on any atom is -0.507 e. The molecule has 1 aromatic heterocycles. The molecular formula is C23H31N3O3. The number of H-pyrrole nitrogens is 1. The zero-order valence-corrected chi connectivity index (χ0v) is 16.8. The van der Waals surface area contributed by atoms with Crippen molar-refractivity contribution in [1.29, 1.82) is 0 Å². The number of aromatic nitrogens is 1. The number of ether oxygens (including phenoxy) is 2. The topological polar surface area (TPSA) is 107 Å². The first kappa shape index (κ1) is 19.9. The highest BCUT2D eigenvalue weighted by Gasteiger charge is 2.25. The van der Waals surface area contributed by atoms with Gasteiger partial charge in [0.2, 0.25) is 0 Å². The molecule has 1 aromatic carbocycles. The van der Waals surface area contributed by atoms with E-state index in [1.54, 1.807) is 12.1 Å². The van der Waals surface area contributed by atoms with Crippen LogP contribution in [0.1, 0.15) is 54.0 Å². The van der Waals surface area contributed by atoms with Crippen molar-refractivity contribution in [3.63, 3.8) is 0 Å². The van der Waals surface area contributed by atoms with E-state index >= 15 is 0 Å². The average molecular weight is 398 g/mol. The van der Waals surface area contributed by atoms with Crippen LogP contribution < -0.4 is 11.5 Å². The van der Waals surface area contributed by atoms with E-state index < -0.39 is 0 Å². The summed E-state index contributed by atoms with van der Waals surface area (Å²) in [6.07, 6.45) is 7.04. The number of aromatic amines is 1. The molecule has 0 bridgehead atoms. The van der Waals surface area contributed by atoms with Crippen LogP contribution in [0.3, 0.4) is 0 Å². The third-order valence-corrected chi connectivity index (χ3v) is 6.18. The Morgan fingerprint density at radius 3 is 2.62 bits per heavy atom. The first-order valence-corrected chi connectivity index (χ1v) is 10.5. The van der Waals surface area contributed by atoms with Gasteiger partial charge >= 0.3 is 0 Å². The number of anilines is 1. The van der Waals surface area contributed by atoms with Gasteiger partial charge in [0.25, 0.3) is 0 Å². The van der Waals surface area contributed by atoms with Crippen molar-refractivity contribution < 1.29 is 14.6 Å². The van der Waals surface area contributed by atoms with E-state index in [4.69, 9.17) is 20.9 Å². The molecule has 0 spiro atoms. The second-order valence-electron chi connectivity index (χ2n) is 8.12. The quantitative estimate of drug-likeness (QED) is 0.596. The lowest BCUT2D eigenvalue weighted by Gasteiger charge is -2.23. The summed E-state index contributed by atoms with van der Waals surface area (Å²) in [6.45, 7) is 3.27. The number of hydrogen-bond donors (Lipinski definition) is 4. The van der Waals surface area contributed by atoms with E-state index in [1.807, 2.05) is 18.2 Å². The molecule has 0 saturated carbocycles. The minimum absolute atomic E-state index is 0.171. The lowest BCUT2D eigenvalue weighted by molar-refractivity contribution is 0.0844. The number of hydrogen-bond acceptors (Lipinski definition) is 5. The van der Waals surface area contributed by atoms with Crippen molar-refractivity contribution in [2.45, 2.75) is 38.0 Å². The molecule has 3 heterocycles. The number of phenols is 1. The van der Waals surface area contributed by atoms with Crippen LogP contribution in [-0.4, -0.2) is 36.5 Å². The molecule has 1 unspecified atom stereocenters. The van der Waals surface area contributed by atoms with Crippen LogP contribution >= 0.6 is 0 Å². The van der Waals surface area contributed by atoms with Gasteiger partial charge in [-0.05, 0) is 61.8 Å². The number of rotatable bonds is 6. The summed E-state index contributed by atoms with van der Waals surface area (Å²) >= 11 is 0. The fourth-order valence-electron chi connectivity index (χ4n) is 4.47. The minimum atomic E-state index is 0.171. The second kappa shape index (κ2) is 8.93. The van der Waals surface area contributed by atoms with Crippen molar-refractivity contribution in [2.75, 3.05) is 32.2 Å². The first-order valence-electron chi connectivity index (χ1n) is 10.5. The van der Waals surface area contributed by atoms with Gasteiger partial charge in [-0.25, -0.2) is 0 Å². The van der Waals surface area contributed by atoms with Gasteiger partial charge in [0.15, 0.2) is 0 Å². The summed E-state index contributed by atoms with van der Waals surface area (Å²) < 4.78 is 11.1. The van der Waals surface area contributed by atoms with Crippen LogP contribution in [-0.2, 0) is 15.9 Å². The van der Waals surface area contributed by atoms with E-state index in [0.29, 0.717) is 28.9 Å². The number of phenolic OH excluding ortho intramolecular Hbond substituents is 1. The van der Waals surface area contributed by atoms with Crippen molar-refractivity contribution in [3.8, 4) is 5.75 Å². The zero-order valence-electron chi connectivity index (χ0n) is 16.8. The Bertz CT molecular complexity index is 862. The number of para-hydroxylation sites is 1. The molecule has 156 valence electrons. The molecule has 1 atom stereocenters. The Morgan fingerprint density at radius 1 is 1.14 bits per heavy atom. The van der Waals surface area contributed by atoms with Gasteiger partial charge in [-0.2, -0.15) is 0 Å². The van der Waals surface area contributed by atoms with Gasteiger partial charge in [-0.15, -0.1) is 0 Å². The highest BCUT2D eigenvalue weighted by atomic mass is 16.5. The lowest BCUT2D eigenvalue weighted by Crippen LogP contribution is -2.16. The lowest BCUT2D eigenvalue weighted by atomic mass is 9.89. The average Bonchev–Trinajstić information content (AvgIpc) is 3.36. The number of aromatic hydroxyl groups is 1. The number of nitrogens with one attached hydrogen (secondary N) is 1. The van der Waals surface area contributed by atoms with Crippen LogP contribution in [0.25, 0.3) is 11.8 Å². The van der Waals surface area contributed by atoms with Crippen LogP contribution in [0, 0.1) is 5.92 Å². The maximum atomic E-state index is 10.2. The second-order valence-corrected chi connectivity index (χ2v) is 8.12. The number of nitrogen functional groups attached to an aromatic ring is 1. The molecule has 2 aromatic rings. The van der Waals surface area contributed by atoms with E-state index in [1.165, 1.54) is 11.3 Å². The highest BCUT2D eigenvalue weighted by Crippen LogP contribution is 2.36. The highest BCUT2D eigenvalue weighted by molar-refractivity contribution is 5.86. The Balaban J connectivity index is 1.68. The van der Waals surface area contributed by atoms with Crippen molar-refractivity contribution in [3.05, 3.63) is 46.6 Å². The summed E-state index contributed by atoms with van der Waals surface area (Å²) in [6, 6.07) is 7.11. The largest absolute Gasteiger partial charge is 0.507 e. The molecule has 2 aliphatic rings. The molecular weight excluding hydrogens is 366 g/mol. The summed E-state index contributed by atoms with van der Waals surface area (Å²) in [5.74, 6) is 1.84. The normalized spacial score (nSPS) is 21.0. The Kier molecular flexibility index (Phi) is 6.11. The maximum Gasteiger partial charge on any atom is 0.124 e. The third kappa shape index (κ3) is 4.43. The molecule has 6 N–H and O–H groups in total. The van der Waals surface area contributed by atoms with Gasteiger partial charge in [-0.3, -0.25) is 0 Å². The van der Waals surface area contributed by atoms with Crippen LogP contribution in [0.2, 0.25) is 0 Å². The molecule has 2 saturated heterocycles. The molecule has 0 aliphatic carbocycles. The predicted octanol–water partition coefficient (Wildman–Crippen LogP) is 3.62. The Morgan fingerprint density at radius 2 is 1.90 bits per heavy atom. The molecule has 2 fully saturated rings. The Labute approximate surface area is 171 Å². The Hall–Kier alpha value is -2.44. The molecule has 4 rings (SSSR count). The standard InChI is InChI=1S/C23H31N3O3/c24-20(18-3-1-2-4-21(18)27)13-19-17(6-5-15-7-10-29-14-15)22(26-23(19)25)16-8-11-28-12-9-16/h1-4,13,15-16,26-27H,5-12,14,24-25H2/b20-13-. The number of nitrogens with two attached hydrogens (primary N) is 2. The van der Waals surface area contributed by atoms with Crippen LogP contribution in [0.4, 0.5) is 5.82 Å². The van der Waals surface area contributed by atoms with Crippen molar-refractivity contribution >= 4 is 17.6 Å². The van der Waals surface area contributed by atoms with Gasteiger partial charge in [0, 0.05) is 54.9 Å². The third-order valence-electron chi connectivity index (χ3n) is 6.18. The summed E-state index contributed by atoms with van der Waals surface area (Å²) in [7, 11) is 0. The van der Waals surface area contributed by atoms with Crippen molar-refractivity contribution in [1.82, 2.24) is 4.98 Å². The predicted molar refractivity (Wildman–Crippen MR) is 115 cm³/mol. The molecule has 29 heavy (non-hydrogen) atoms. The van der Waals surface area contributed by atoms with Gasteiger partial charge in [-0.1, -0.05) is 12.1 Å². The van der Waals surface area contributed by atoms with Crippen LogP contribution in [0.5, 0.6) is 5.75 Å². The molecule has 2 aliphatic heterocycles. The maximum absolute atomic E-state index is 10.2.